The van der Waals surface area contributed by atoms with Crippen molar-refractivity contribution in [3.8, 4) is 0 Å². The first-order valence-corrected chi connectivity index (χ1v) is 12.8. The molecule has 2 amide bonds. The lowest BCUT2D eigenvalue weighted by Gasteiger charge is -2.34. The van der Waals surface area contributed by atoms with Crippen molar-refractivity contribution in [3.05, 3.63) is 59.9 Å². The Bertz CT molecular complexity index is 1200. The molecule has 0 unspecified atom stereocenters. The van der Waals surface area contributed by atoms with Crippen LogP contribution in [-0.2, 0) is 20.9 Å². The van der Waals surface area contributed by atoms with Gasteiger partial charge in [-0.2, -0.15) is 0 Å². The van der Waals surface area contributed by atoms with Crippen LogP contribution in [0.15, 0.2) is 48.5 Å². The minimum Gasteiger partial charge on any atom is -0.376 e. The first-order chi connectivity index (χ1) is 17.6. The van der Waals surface area contributed by atoms with Gasteiger partial charge in [0.15, 0.2) is 0 Å². The van der Waals surface area contributed by atoms with E-state index >= 15 is 4.39 Å². The number of ether oxygens (including phenoxy) is 1. The highest BCUT2D eigenvalue weighted by Gasteiger charge is 2.36. The first-order valence-electron chi connectivity index (χ1n) is 12.8. The highest BCUT2D eigenvalue weighted by molar-refractivity contribution is 5.89. The normalized spacial score (nSPS) is 19.3. The van der Waals surface area contributed by atoms with Crippen molar-refractivity contribution in [1.29, 1.82) is 0 Å². The zero-order valence-corrected chi connectivity index (χ0v) is 20.3. The molecule has 1 saturated carbocycles. The first kappa shape index (κ1) is 24.4. The molecule has 2 aromatic carbocycles. The fourth-order valence-corrected chi connectivity index (χ4v) is 5.29. The average Bonchev–Trinajstić information content (AvgIpc) is 3.55. The number of hydrogen-bond donors (Lipinski definition) is 1. The quantitative estimate of drug-likeness (QED) is 0.516. The molecule has 1 N–H and O–H groups in total. The molecule has 3 aromatic rings. The summed E-state index contributed by atoms with van der Waals surface area (Å²) in [7, 11) is 0. The predicted octanol–water partition coefficient (Wildman–Crippen LogP) is 3.77. The smallest absolute Gasteiger partial charge is 0.247 e. The van der Waals surface area contributed by atoms with Crippen molar-refractivity contribution in [3.63, 3.8) is 0 Å². The van der Waals surface area contributed by atoms with Crippen LogP contribution >= 0.6 is 0 Å². The van der Waals surface area contributed by atoms with E-state index in [1.54, 1.807) is 18.2 Å². The van der Waals surface area contributed by atoms with Crippen molar-refractivity contribution in [2.75, 3.05) is 13.2 Å². The summed E-state index contributed by atoms with van der Waals surface area (Å²) in [5, 5.41) is 11.4. The second-order valence-electron chi connectivity index (χ2n) is 9.68. The molecule has 2 heterocycles. The van der Waals surface area contributed by atoms with Crippen molar-refractivity contribution in [2.45, 2.75) is 69.7 Å². The van der Waals surface area contributed by atoms with Crippen LogP contribution in [0.25, 0.3) is 11.0 Å². The number of fused-ring (bicyclic) bond motifs is 1. The van der Waals surface area contributed by atoms with Crippen molar-refractivity contribution in [2.24, 2.45) is 0 Å². The zero-order chi connectivity index (χ0) is 24.9. The highest BCUT2D eigenvalue weighted by atomic mass is 19.1. The van der Waals surface area contributed by atoms with Gasteiger partial charge in [0.25, 0.3) is 0 Å². The molecule has 190 valence electrons. The van der Waals surface area contributed by atoms with Gasteiger partial charge in [-0.05, 0) is 43.9 Å². The average molecular weight is 494 g/mol. The Morgan fingerprint density at radius 1 is 1.06 bits per heavy atom. The zero-order valence-electron chi connectivity index (χ0n) is 20.3. The Balaban J connectivity index is 1.48. The van der Waals surface area contributed by atoms with E-state index < -0.39 is 11.9 Å². The van der Waals surface area contributed by atoms with Gasteiger partial charge in [-0.1, -0.05) is 54.8 Å². The number of carbonyl (C=O) groups excluding carboxylic acids is 2. The molecule has 5 rings (SSSR count). The predicted molar refractivity (Wildman–Crippen MR) is 132 cm³/mol. The van der Waals surface area contributed by atoms with E-state index in [1.165, 1.54) is 15.6 Å². The molecule has 9 heteroatoms. The summed E-state index contributed by atoms with van der Waals surface area (Å²) in [6, 6.07) is 12.5. The van der Waals surface area contributed by atoms with Gasteiger partial charge in [-0.3, -0.25) is 9.59 Å². The van der Waals surface area contributed by atoms with Crippen LogP contribution in [0.1, 0.15) is 56.6 Å². The van der Waals surface area contributed by atoms with Crippen LogP contribution in [0, 0.1) is 5.82 Å². The summed E-state index contributed by atoms with van der Waals surface area (Å²) >= 11 is 0. The number of halogens is 1. The third kappa shape index (κ3) is 5.41. The number of aromatic nitrogens is 3. The van der Waals surface area contributed by atoms with E-state index in [-0.39, 0.29) is 42.6 Å². The molecular weight excluding hydrogens is 461 g/mol. The summed E-state index contributed by atoms with van der Waals surface area (Å²) in [5.74, 6) is -1.22. The van der Waals surface area contributed by atoms with Crippen LogP contribution in [0.3, 0.4) is 0 Å². The monoisotopic (exact) mass is 493 g/mol. The largest absolute Gasteiger partial charge is 0.376 e. The molecule has 1 saturated heterocycles. The lowest BCUT2D eigenvalue weighted by molar-refractivity contribution is -0.143. The van der Waals surface area contributed by atoms with Gasteiger partial charge in [-0.15, -0.1) is 5.10 Å². The van der Waals surface area contributed by atoms with E-state index in [0.717, 1.165) is 50.5 Å². The molecule has 8 nitrogen and oxygen atoms in total. The van der Waals surface area contributed by atoms with Crippen LogP contribution in [-0.4, -0.2) is 57.0 Å². The standard InChI is InChI=1S/C27H32FN5O3/c28-22-13-5-4-12-21(22)26(27(35)29-19-9-2-1-3-10-19)32(17-20-11-8-16-36-20)25(34)18-33-24-15-7-6-14-23(24)30-31-33/h4-7,12-15,19-20,26H,1-3,8-11,16-18H2,(H,29,35)/t20-,26+/m0/s1. The van der Waals surface area contributed by atoms with Gasteiger partial charge in [0.1, 0.15) is 23.9 Å². The summed E-state index contributed by atoms with van der Waals surface area (Å²) in [6.45, 7) is 0.691. The molecule has 36 heavy (non-hydrogen) atoms. The maximum atomic E-state index is 15.1. The van der Waals surface area contributed by atoms with Gasteiger partial charge in [0.05, 0.1) is 11.6 Å². The third-order valence-corrected chi connectivity index (χ3v) is 7.16. The Labute approximate surface area is 209 Å². The maximum absolute atomic E-state index is 15.1. The number of para-hydroxylation sites is 1. The van der Waals surface area contributed by atoms with Crippen molar-refractivity contribution < 1.29 is 18.7 Å². The third-order valence-electron chi connectivity index (χ3n) is 7.16. The van der Waals surface area contributed by atoms with E-state index in [2.05, 4.69) is 15.6 Å². The Morgan fingerprint density at radius 3 is 2.61 bits per heavy atom. The van der Waals surface area contributed by atoms with Gasteiger partial charge < -0.3 is 15.0 Å². The lowest BCUT2D eigenvalue weighted by Crippen LogP contribution is -2.50. The lowest BCUT2D eigenvalue weighted by atomic mass is 9.94. The number of amides is 2. The molecule has 2 aliphatic rings. The molecular formula is C27H32FN5O3. The van der Waals surface area contributed by atoms with E-state index in [4.69, 9.17) is 4.74 Å². The summed E-state index contributed by atoms with van der Waals surface area (Å²) < 4.78 is 22.5. The number of nitrogens with one attached hydrogen (secondary N) is 1. The minimum absolute atomic E-state index is 0.0273. The fourth-order valence-electron chi connectivity index (χ4n) is 5.29. The number of carbonyl (C=O) groups is 2. The van der Waals surface area contributed by atoms with Crippen molar-refractivity contribution in [1.82, 2.24) is 25.2 Å². The highest BCUT2D eigenvalue weighted by Crippen LogP contribution is 2.28. The fraction of sp³-hybridized carbons (Fsp3) is 0.481. The second kappa shape index (κ2) is 11.2. The number of hydrogen-bond acceptors (Lipinski definition) is 5. The maximum Gasteiger partial charge on any atom is 0.247 e. The van der Waals surface area contributed by atoms with E-state index in [9.17, 15) is 9.59 Å². The van der Waals surface area contributed by atoms with Crippen LogP contribution in [0.4, 0.5) is 4.39 Å². The molecule has 0 bridgehead atoms. The molecule has 1 aromatic heterocycles. The summed E-state index contributed by atoms with van der Waals surface area (Å²) in [6.07, 6.45) is 6.49. The van der Waals surface area contributed by atoms with Crippen LogP contribution in [0.5, 0.6) is 0 Å². The topological polar surface area (TPSA) is 89.4 Å². The molecule has 0 spiro atoms. The van der Waals surface area contributed by atoms with Crippen LogP contribution < -0.4 is 5.32 Å². The van der Waals surface area contributed by atoms with E-state index in [0.29, 0.717) is 12.1 Å². The Kier molecular flexibility index (Phi) is 7.55. The SMILES string of the molecule is O=C(NC1CCCCC1)[C@@H](c1ccccc1F)N(C[C@@H]1CCCO1)C(=O)Cn1nnc2ccccc21. The van der Waals surface area contributed by atoms with E-state index in [1.807, 2.05) is 24.3 Å². The van der Waals surface area contributed by atoms with Crippen molar-refractivity contribution >= 4 is 22.8 Å². The number of benzene rings is 2. The minimum atomic E-state index is -1.11. The molecule has 1 aliphatic carbocycles. The second-order valence-corrected chi connectivity index (χ2v) is 9.68. The van der Waals surface area contributed by atoms with Crippen LogP contribution in [0.2, 0.25) is 0 Å². The summed E-state index contributed by atoms with van der Waals surface area (Å²) in [4.78, 5) is 29.1. The molecule has 2 fully saturated rings. The van der Waals surface area contributed by atoms with Gasteiger partial charge in [-0.25, -0.2) is 9.07 Å². The summed E-state index contributed by atoms with van der Waals surface area (Å²) in [5.41, 5.74) is 1.58. The molecule has 0 radical (unpaired) electrons. The molecule has 2 atom stereocenters. The van der Waals surface area contributed by atoms with Gasteiger partial charge in [0, 0.05) is 24.8 Å². The number of nitrogens with zero attached hydrogens (tertiary/aromatic N) is 4. The number of rotatable bonds is 8. The Morgan fingerprint density at radius 2 is 1.83 bits per heavy atom. The van der Waals surface area contributed by atoms with Gasteiger partial charge >= 0.3 is 0 Å². The Hall–Kier alpha value is -3.33. The molecule has 1 aliphatic heterocycles. The van der Waals surface area contributed by atoms with Gasteiger partial charge in [0.2, 0.25) is 11.8 Å².